The highest BCUT2D eigenvalue weighted by atomic mass is 16.5. The lowest BCUT2D eigenvalue weighted by atomic mass is 10.2. The SMILES string of the molecule is COc1ccc(NC(=O)c2ccc(NC(N)=O)cc2)cc1. The highest BCUT2D eigenvalue weighted by molar-refractivity contribution is 6.04. The van der Waals surface area contributed by atoms with Gasteiger partial charge in [0, 0.05) is 16.9 Å². The van der Waals surface area contributed by atoms with Crippen LogP contribution in [0.4, 0.5) is 16.2 Å². The number of carbonyl (C=O) groups is 2. The van der Waals surface area contributed by atoms with Crippen molar-refractivity contribution >= 4 is 23.3 Å². The van der Waals surface area contributed by atoms with Crippen LogP contribution in [-0.4, -0.2) is 19.0 Å². The number of nitrogens with two attached hydrogens (primary N) is 1. The van der Waals surface area contributed by atoms with Crippen molar-refractivity contribution in [2.24, 2.45) is 5.73 Å². The highest BCUT2D eigenvalue weighted by Gasteiger charge is 2.06. The minimum absolute atomic E-state index is 0.245. The average molecular weight is 285 g/mol. The van der Waals surface area contributed by atoms with Gasteiger partial charge in [-0.05, 0) is 48.5 Å². The summed E-state index contributed by atoms with van der Waals surface area (Å²) in [4.78, 5) is 22.8. The molecule has 6 heteroatoms. The van der Waals surface area contributed by atoms with Gasteiger partial charge < -0.3 is 21.1 Å². The number of ether oxygens (including phenoxy) is 1. The first kappa shape index (κ1) is 14.4. The van der Waals surface area contributed by atoms with Gasteiger partial charge in [-0.2, -0.15) is 0 Å². The van der Waals surface area contributed by atoms with E-state index in [-0.39, 0.29) is 5.91 Å². The summed E-state index contributed by atoms with van der Waals surface area (Å²) in [6.45, 7) is 0. The molecule has 2 aromatic rings. The number of amides is 3. The Hall–Kier alpha value is -3.02. The Kier molecular flexibility index (Phi) is 4.40. The number of hydrogen-bond donors (Lipinski definition) is 3. The first-order valence-electron chi connectivity index (χ1n) is 6.20. The van der Waals surface area contributed by atoms with Crippen molar-refractivity contribution in [3.05, 3.63) is 54.1 Å². The van der Waals surface area contributed by atoms with E-state index in [2.05, 4.69) is 10.6 Å². The van der Waals surface area contributed by atoms with E-state index in [0.717, 1.165) is 5.75 Å². The van der Waals surface area contributed by atoms with Crippen LogP contribution in [0.1, 0.15) is 10.4 Å². The minimum Gasteiger partial charge on any atom is -0.497 e. The molecule has 0 unspecified atom stereocenters. The number of anilines is 2. The maximum atomic E-state index is 12.0. The number of primary amides is 1. The molecule has 0 aliphatic heterocycles. The van der Waals surface area contributed by atoms with Gasteiger partial charge in [-0.15, -0.1) is 0 Å². The fraction of sp³-hybridized carbons (Fsp3) is 0.0667. The van der Waals surface area contributed by atoms with Gasteiger partial charge in [-0.1, -0.05) is 0 Å². The fourth-order valence-electron chi connectivity index (χ4n) is 1.72. The molecule has 0 aliphatic carbocycles. The number of benzene rings is 2. The zero-order valence-electron chi connectivity index (χ0n) is 11.4. The topological polar surface area (TPSA) is 93.4 Å². The molecule has 0 atom stereocenters. The van der Waals surface area contributed by atoms with Gasteiger partial charge in [0.15, 0.2) is 0 Å². The Morgan fingerprint density at radius 1 is 0.905 bits per heavy atom. The molecule has 108 valence electrons. The molecule has 2 aromatic carbocycles. The lowest BCUT2D eigenvalue weighted by Gasteiger charge is -2.07. The van der Waals surface area contributed by atoms with Crippen LogP contribution >= 0.6 is 0 Å². The van der Waals surface area contributed by atoms with Gasteiger partial charge in [-0.25, -0.2) is 4.79 Å². The standard InChI is InChI=1S/C15H15N3O3/c1-21-13-8-6-11(7-9-13)17-14(19)10-2-4-12(5-3-10)18-15(16)20/h2-9H,1H3,(H,17,19)(H3,16,18,20). The molecule has 0 saturated heterocycles. The van der Waals surface area contributed by atoms with Crippen LogP contribution in [-0.2, 0) is 0 Å². The number of nitrogens with one attached hydrogen (secondary N) is 2. The molecular formula is C15H15N3O3. The summed E-state index contributed by atoms with van der Waals surface area (Å²) >= 11 is 0. The number of hydrogen-bond acceptors (Lipinski definition) is 3. The van der Waals surface area contributed by atoms with Crippen molar-refractivity contribution in [3.63, 3.8) is 0 Å². The number of rotatable bonds is 4. The maximum Gasteiger partial charge on any atom is 0.316 e. The lowest BCUT2D eigenvalue weighted by Crippen LogP contribution is -2.19. The van der Waals surface area contributed by atoms with Crippen molar-refractivity contribution in [2.75, 3.05) is 17.7 Å². The lowest BCUT2D eigenvalue weighted by molar-refractivity contribution is 0.102. The summed E-state index contributed by atoms with van der Waals surface area (Å²) in [6, 6.07) is 12.8. The molecular weight excluding hydrogens is 270 g/mol. The number of urea groups is 1. The first-order chi connectivity index (χ1) is 10.1. The molecule has 0 saturated carbocycles. The molecule has 0 heterocycles. The van der Waals surface area contributed by atoms with Crippen LogP contribution in [0.3, 0.4) is 0 Å². The van der Waals surface area contributed by atoms with Crippen LogP contribution in [0.5, 0.6) is 5.75 Å². The third-order valence-corrected chi connectivity index (χ3v) is 2.76. The summed E-state index contributed by atoms with van der Waals surface area (Å²) in [6.07, 6.45) is 0. The summed E-state index contributed by atoms with van der Waals surface area (Å²) in [5.41, 5.74) is 6.68. The van der Waals surface area contributed by atoms with Gasteiger partial charge >= 0.3 is 6.03 Å². The van der Waals surface area contributed by atoms with Gasteiger partial charge in [0.2, 0.25) is 0 Å². The van der Waals surface area contributed by atoms with Crippen LogP contribution in [0.15, 0.2) is 48.5 Å². The molecule has 21 heavy (non-hydrogen) atoms. The van der Waals surface area contributed by atoms with Crippen LogP contribution < -0.4 is 21.1 Å². The molecule has 0 aliphatic rings. The molecule has 0 fully saturated rings. The minimum atomic E-state index is -0.648. The predicted octanol–water partition coefficient (Wildman–Crippen LogP) is 2.44. The van der Waals surface area contributed by atoms with E-state index in [1.54, 1.807) is 55.6 Å². The molecule has 0 spiro atoms. The van der Waals surface area contributed by atoms with E-state index in [1.165, 1.54) is 0 Å². The van der Waals surface area contributed by atoms with Gasteiger partial charge in [0.1, 0.15) is 5.75 Å². The zero-order chi connectivity index (χ0) is 15.2. The molecule has 0 radical (unpaired) electrons. The van der Waals surface area contributed by atoms with Gasteiger partial charge in [0.25, 0.3) is 5.91 Å². The second-order valence-electron chi connectivity index (χ2n) is 4.25. The molecule has 3 amide bonds. The molecule has 2 rings (SSSR count). The van der Waals surface area contributed by atoms with Crippen molar-refractivity contribution < 1.29 is 14.3 Å². The Balaban J connectivity index is 2.03. The smallest absolute Gasteiger partial charge is 0.316 e. The predicted molar refractivity (Wildman–Crippen MR) is 80.6 cm³/mol. The Labute approximate surface area is 121 Å². The largest absolute Gasteiger partial charge is 0.497 e. The van der Waals surface area contributed by atoms with E-state index in [0.29, 0.717) is 16.9 Å². The summed E-state index contributed by atoms with van der Waals surface area (Å²) in [5, 5.41) is 5.19. The second kappa shape index (κ2) is 6.42. The van der Waals surface area contributed by atoms with Crippen molar-refractivity contribution in [3.8, 4) is 5.75 Å². The quantitative estimate of drug-likeness (QED) is 0.805. The van der Waals surface area contributed by atoms with Gasteiger partial charge in [0.05, 0.1) is 7.11 Å². The van der Waals surface area contributed by atoms with E-state index in [4.69, 9.17) is 10.5 Å². The van der Waals surface area contributed by atoms with E-state index in [1.807, 2.05) is 0 Å². The average Bonchev–Trinajstić information content (AvgIpc) is 2.48. The van der Waals surface area contributed by atoms with Gasteiger partial charge in [-0.3, -0.25) is 4.79 Å². The summed E-state index contributed by atoms with van der Waals surface area (Å²) in [5.74, 6) is 0.473. The van der Waals surface area contributed by atoms with Crippen LogP contribution in [0, 0.1) is 0 Å². The van der Waals surface area contributed by atoms with Crippen molar-refractivity contribution in [1.29, 1.82) is 0 Å². The van der Waals surface area contributed by atoms with Crippen LogP contribution in [0.25, 0.3) is 0 Å². The summed E-state index contributed by atoms with van der Waals surface area (Å²) in [7, 11) is 1.58. The summed E-state index contributed by atoms with van der Waals surface area (Å²) < 4.78 is 5.05. The Bertz CT molecular complexity index is 636. The van der Waals surface area contributed by atoms with E-state index in [9.17, 15) is 9.59 Å². The Morgan fingerprint density at radius 2 is 1.43 bits per heavy atom. The normalized spacial score (nSPS) is 9.76. The van der Waals surface area contributed by atoms with Crippen molar-refractivity contribution in [1.82, 2.24) is 0 Å². The van der Waals surface area contributed by atoms with Crippen molar-refractivity contribution in [2.45, 2.75) is 0 Å². The maximum absolute atomic E-state index is 12.0. The molecule has 6 nitrogen and oxygen atoms in total. The molecule has 0 bridgehead atoms. The highest BCUT2D eigenvalue weighted by Crippen LogP contribution is 2.16. The Morgan fingerprint density at radius 3 is 1.95 bits per heavy atom. The fourth-order valence-corrected chi connectivity index (χ4v) is 1.72. The van der Waals surface area contributed by atoms with Crippen LogP contribution in [0.2, 0.25) is 0 Å². The van der Waals surface area contributed by atoms with E-state index < -0.39 is 6.03 Å². The number of methoxy groups -OCH3 is 1. The molecule has 0 aromatic heterocycles. The monoisotopic (exact) mass is 285 g/mol. The number of carbonyl (C=O) groups excluding carboxylic acids is 2. The third-order valence-electron chi connectivity index (χ3n) is 2.76. The molecule has 4 N–H and O–H groups in total. The van der Waals surface area contributed by atoms with E-state index >= 15 is 0 Å². The third kappa shape index (κ3) is 3.97. The first-order valence-corrected chi connectivity index (χ1v) is 6.20. The second-order valence-corrected chi connectivity index (χ2v) is 4.25. The zero-order valence-corrected chi connectivity index (χ0v) is 11.4.